The molecular weight excluding hydrogens is 509 g/mol. The third-order valence-electron chi connectivity index (χ3n) is 6.24. The first-order chi connectivity index (χ1) is 17.6. The van der Waals surface area contributed by atoms with Crippen LogP contribution in [0, 0.1) is 0 Å². The van der Waals surface area contributed by atoms with Gasteiger partial charge in [0.1, 0.15) is 19.8 Å². The van der Waals surface area contributed by atoms with Crippen molar-refractivity contribution in [3.05, 3.63) is 0 Å². The summed E-state index contributed by atoms with van der Waals surface area (Å²) in [7, 11) is 1.81. The molecule has 0 saturated carbocycles. The molecule has 9 heteroatoms. The number of quaternary nitrogens is 1. The lowest BCUT2D eigenvalue weighted by molar-refractivity contribution is -0.870. The van der Waals surface area contributed by atoms with E-state index in [1.807, 2.05) is 35.0 Å². The lowest BCUT2D eigenvalue weighted by Crippen LogP contribution is -2.43. The Hall–Kier alpha value is 0.340. The van der Waals surface area contributed by atoms with Gasteiger partial charge in [-0.05, 0) is 26.0 Å². The average Bonchev–Trinajstić information content (AvgIpc) is 2.82. The van der Waals surface area contributed by atoms with Crippen molar-refractivity contribution in [3.8, 4) is 0 Å². The van der Waals surface area contributed by atoms with Crippen LogP contribution in [0.3, 0.4) is 0 Å². The zero-order chi connectivity index (χ0) is 27.9. The van der Waals surface area contributed by atoms with E-state index in [9.17, 15) is 9.46 Å². The van der Waals surface area contributed by atoms with Gasteiger partial charge in [-0.1, -0.05) is 90.4 Å². The second kappa shape index (κ2) is 23.1. The molecule has 0 aliphatic rings. The van der Waals surface area contributed by atoms with E-state index in [0.29, 0.717) is 30.0 Å². The van der Waals surface area contributed by atoms with E-state index in [-0.39, 0.29) is 13.2 Å². The van der Waals surface area contributed by atoms with Crippen LogP contribution in [-0.4, -0.2) is 80.8 Å². The standard InChI is InChI=1S/C28H60NO6PS/c1-7-10-11-12-13-14-15-16-17-18-19-20-21-22-25-37-27-28(32-8-2,33-9-3)26-35-36(30,31)34-24-23-29(4,5)6/h7-27H2,1-6H3/p+1. The summed E-state index contributed by atoms with van der Waals surface area (Å²) in [4.78, 5) is 10.1. The number of nitrogens with zero attached hydrogens (tertiary/aromatic N) is 1. The molecule has 0 bridgehead atoms. The molecule has 0 amide bonds. The van der Waals surface area contributed by atoms with Gasteiger partial charge in [0.2, 0.25) is 5.79 Å². The number of thioether (sulfide) groups is 1. The van der Waals surface area contributed by atoms with Crippen LogP contribution >= 0.6 is 19.6 Å². The van der Waals surface area contributed by atoms with Gasteiger partial charge in [-0.2, -0.15) is 11.8 Å². The molecule has 0 aromatic heterocycles. The molecule has 37 heavy (non-hydrogen) atoms. The summed E-state index contributed by atoms with van der Waals surface area (Å²) in [5.74, 6) is 0.509. The molecule has 0 spiro atoms. The van der Waals surface area contributed by atoms with Crippen molar-refractivity contribution < 1.29 is 32.5 Å². The van der Waals surface area contributed by atoms with Crippen LogP contribution in [0.25, 0.3) is 0 Å². The normalized spacial score (nSPS) is 14.2. The minimum absolute atomic E-state index is 0.140. The van der Waals surface area contributed by atoms with Gasteiger partial charge in [0.05, 0.1) is 26.9 Å². The largest absolute Gasteiger partial charge is 0.472 e. The molecule has 1 N–H and O–H groups in total. The quantitative estimate of drug-likeness (QED) is 0.0445. The van der Waals surface area contributed by atoms with Gasteiger partial charge in [0.25, 0.3) is 0 Å². The molecule has 0 aromatic rings. The second-order valence-corrected chi connectivity index (χ2v) is 13.6. The molecule has 0 radical (unpaired) electrons. The van der Waals surface area contributed by atoms with Gasteiger partial charge >= 0.3 is 7.82 Å². The smallest absolute Gasteiger partial charge is 0.347 e. The molecule has 0 saturated heterocycles. The topological polar surface area (TPSA) is 74.2 Å². The van der Waals surface area contributed by atoms with Crippen molar-refractivity contribution in [1.82, 2.24) is 0 Å². The highest BCUT2D eigenvalue weighted by Crippen LogP contribution is 2.44. The first-order valence-electron chi connectivity index (χ1n) is 14.9. The highest BCUT2D eigenvalue weighted by molar-refractivity contribution is 7.99. The van der Waals surface area contributed by atoms with Gasteiger partial charge < -0.3 is 18.9 Å². The lowest BCUT2D eigenvalue weighted by Gasteiger charge is -2.33. The Labute approximate surface area is 233 Å². The molecule has 0 rings (SSSR count). The zero-order valence-electron chi connectivity index (χ0n) is 25.1. The maximum Gasteiger partial charge on any atom is 0.472 e. The third kappa shape index (κ3) is 23.9. The van der Waals surface area contributed by atoms with Gasteiger partial charge in [-0.3, -0.25) is 9.05 Å². The fraction of sp³-hybridized carbons (Fsp3) is 1.00. The van der Waals surface area contributed by atoms with E-state index < -0.39 is 13.6 Å². The van der Waals surface area contributed by atoms with E-state index in [2.05, 4.69) is 6.92 Å². The highest BCUT2D eigenvalue weighted by atomic mass is 32.2. The summed E-state index contributed by atoms with van der Waals surface area (Å²) in [5, 5.41) is 0. The van der Waals surface area contributed by atoms with E-state index in [1.54, 1.807) is 11.8 Å². The Bertz CT molecular complexity index is 555. The molecule has 0 aliphatic carbocycles. The Kier molecular flexibility index (Phi) is 23.3. The number of phosphoric acid groups is 1. The van der Waals surface area contributed by atoms with Crippen LogP contribution in [0.15, 0.2) is 0 Å². The fourth-order valence-corrected chi connectivity index (χ4v) is 5.91. The summed E-state index contributed by atoms with van der Waals surface area (Å²) in [5.41, 5.74) is 0. The second-order valence-electron chi connectivity index (χ2n) is 11.0. The minimum Gasteiger partial charge on any atom is -0.347 e. The number of hydrogen-bond acceptors (Lipinski definition) is 6. The van der Waals surface area contributed by atoms with Crippen molar-refractivity contribution in [1.29, 1.82) is 0 Å². The lowest BCUT2D eigenvalue weighted by atomic mass is 10.0. The number of hydrogen-bond donors (Lipinski definition) is 1. The maximum atomic E-state index is 12.4. The Morgan fingerprint density at radius 3 is 1.62 bits per heavy atom. The Balaban J connectivity index is 4.08. The third-order valence-corrected chi connectivity index (χ3v) is 8.43. The Morgan fingerprint density at radius 2 is 1.19 bits per heavy atom. The van der Waals surface area contributed by atoms with Crippen molar-refractivity contribution >= 4 is 19.6 Å². The van der Waals surface area contributed by atoms with Crippen LogP contribution in [0.2, 0.25) is 0 Å². The summed E-state index contributed by atoms with van der Waals surface area (Å²) >= 11 is 1.75. The summed E-state index contributed by atoms with van der Waals surface area (Å²) in [6, 6.07) is 0. The first-order valence-corrected chi connectivity index (χ1v) is 17.5. The zero-order valence-corrected chi connectivity index (χ0v) is 26.9. The number of phosphoric ester groups is 1. The minimum atomic E-state index is -4.18. The summed E-state index contributed by atoms with van der Waals surface area (Å²) in [6.07, 6.45) is 18.9. The van der Waals surface area contributed by atoms with Crippen LogP contribution in [0.4, 0.5) is 0 Å². The van der Waals surface area contributed by atoms with Gasteiger partial charge in [-0.15, -0.1) is 0 Å². The molecule has 7 nitrogen and oxygen atoms in total. The van der Waals surface area contributed by atoms with E-state index >= 15 is 0 Å². The van der Waals surface area contributed by atoms with Crippen molar-refractivity contribution in [3.63, 3.8) is 0 Å². The number of unbranched alkanes of at least 4 members (excludes halogenated alkanes) is 13. The Morgan fingerprint density at radius 1 is 0.730 bits per heavy atom. The van der Waals surface area contributed by atoms with Crippen LogP contribution in [-0.2, 0) is 23.1 Å². The van der Waals surface area contributed by atoms with E-state index in [0.717, 1.165) is 12.2 Å². The van der Waals surface area contributed by atoms with E-state index in [4.69, 9.17) is 18.5 Å². The van der Waals surface area contributed by atoms with Crippen molar-refractivity contribution in [2.45, 2.75) is 116 Å². The number of rotatable bonds is 28. The molecular formula is C28H61NO6PS+. The SMILES string of the molecule is CCCCCCCCCCCCCCCCSCC(COP(=O)(O)OCC[N+](C)(C)C)(OCC)OCC. The van der Waals surface area contributed by atoms with Crippen LogP contribution in [0.1, 0.15) is 111 Å². The first kappa shape index (κ1) is 37.3. The molecule has 1 atom stereocenters. The molecule has 224 valence electrons. The van der Waals surface area contributed by atoms with Gasteiger partial charge in [0.15, 0.2) is 0 Å². The maximum absolute atomic E-state index is 12.4. The predicted molar refractivity (Wildman–Crippen MR) is 158 cm³/mol. The average molecular weight is 571 g/mol. The molecule has 0 heterocycles. The molecule has 1 unspecified atom stereocenters. The van der Waals surface area contributed by atoms with Crippen LogP contribution in [0.5, 0.6) is 0 Å². The number of likely N-dealkylation sites (N-methyl/N-ethyl adjacent to an activating group) is 1. The molecule has 0 aliphatic heterocycles. The van der Waals surface area contributed by atoms with Gasteiger partial charge in [-0.25, -0.2) is 4.57 Å². The summed E-state index contributed by atoms with van der Waals surface area (Å²) < 4.78 is 35.2. The van der Waals surface area contributed by atoms with Crippen molar-refractivity contribution in [2.75, 3.05) is 65.6 Å². The van der Waals surface area contributed by atoms with Gasteiger partial charge in [0, 0.05) is 13.2 Å². The fourth-order valence-electron chi connectivity index (χ4n) is 4.05. The highest BCUT2D eigenvalue weighted by Gasteiger charge is 2.36. The van der Waals surface area contributed by atoms with Crippen molar-refractivity contribution in [2.24, 2.45) is 0 Å². The van der Waals surface area contributed by atoms with E-state index in [1.165, 1.54) is 83.5 Å². The summed E-state index contributed by atoms with van der Waals surface area (Å²) in [6.45, 7) is 7.52. The van der Waals surface area contributed by atoms with Crippen LogP contribution < -0.4 is 0 Å². The molecule has 0 fully saturated rings. The predicted octanol–water partition coefficient (Wildman–Crippen LogP) is 7.81. The molecule has 0 aromatic carbocycles. The number of ether oxygens (including phenoxy) is 2. The monoisotopic (exact) mass is 570 g/mol.